The molecule has 3 N–H and O–H groups in total. The van der Waals surface area contributed by atoms with Gasteiger partial charge in [-0.1, -0.05) is 6.07 Å². The van der Waals surface area contributed by atoms with Gasteiger partial charge in [0.25, 0.3) is 5.91 Å². The molecule has 2 rings (SSSR count). The van der Waals surface area contributed by atoms with Crippen molar-refractivity contribution >= 4 is 17.4 Å². The van der Waals surface area contributed by atoms with Crippen LogP contribution in [0.2, 0.25) is 0 Å². The van der Waals surface area contributed by atoms with Gasteiger partial charge in [-0.15, -0.1) is 0 Å². The van der Waals surface area contributed by atoms with E-state index in [0.717, 1.165) is 0 Å². The number of nitrogens with two attached hydrogens (primary N) is 1. The Morgan fingerprint density at radius 1 is 1.53 bits per heavy atom. The average Bonchev–Trinajstić information content (AvgIpc) is 2.72. The number of nitrogen functional groups attached to an aromatic ring is 1. The van der Waals surface area contributed by atoms with Crippen LogP contribution in [0.4, 0.5) is 11.5 Å². The first-order valence-electron chi connectivity index (χ1n) is 5.26. The first-order chi connectivity index (χ1) is 8.20. The number of carbonyl (C=O) groups is 1. The fraction of sp³-hybridized carbons (Fsp3) is 0.182. The topological polar surface area (TPSA) is 85.8 Å². The third-order valence-electron chi connectivity index (χ3n) is 2.24. The number of hydrogen-bond donors (Lipinski definition) is 2. The van der Waals surface area contributed by atoms with Crippen molar-refractivity contribution in [1.82, 2.24) is 14.8 Å². The van der Waals surface area contributed by atoms with Gasteiger partial charge < -0.3 is 11.1 Å². The SMILES string of the molecule is CCn1cc(N)c(C(=O)Nc2ccccn2)n1. The van der Waals surface area contributed by atoms with Gasteiger partial charge in [0.15, 0.2) is 5.69 Å². The summed E-state index contributed by atoms with van der Waals surface area (Å²) in [5.74, 6) is 0.122. The fourth-order valence-electron chi connectivity index (χ4n) is 1.39. The number of anilines is 2. The maximum absolute atomic E-state index is 11.9. The van der Waals surface area contributed by atoms with Crippen molar-refractivity contribution in [2.75, 3.05) is 11.1 Å². The molecule has 1 amide bonds. The molecule has 2 aromatic heterocycles. The van der Waals surface area contributed by atoms with Crippen molar-refractivity contribution in [3.05, 3.63) is 36.3 Å². The summed E-state index contributed by atoms with van der Waals surface area (Å²) >= 11 is 0. The number of amides is 1. The predicted octanol–water partition coefficient (Wildman–Crippen LogP) is 1.13. The summed E-state index contributed by atoms with van der Waals surface area (Å²) < 4.78 is 1.61. The minimum atomic E-state index is -0.353. The van der Waals surface area contributed by atoms with Crippen molar-refractivity contribution < 1.29 is 4.79 Å². The van der Waals surface area contributed by atoms with E-state index >= 15 is 0 Å². The number of pyridine rings is 1. The smallest absolute Gasteiger partial charge is 0.279 e. The van der Waals surface area contributed by atoms with E-state index in [1.807, 2.05) is 6.92 Å². The van der Waals surface area contributed by atoms with Crippen molar-refractivity contribution in [2.45, 2.75) is 13.5 Å². The molecule has 2 heterocycles. The van der Waals surface area contributed by atoms with Crippen LogP contribution in [-0.4, -0.2) is 20.7 Å². The second-order valence-electron chi connectivity index (χ2n) is 3.46. The van der Waals surface area contributed by atoms with Crippen LogP contribution in [0.3, 0.4) is 0 Å². The second-order valence-corrected chi connectivity index (χ2v) is 3.46. The molecule has 0 radical (unpaired) electrons. The molecule has 0 aliphatic carbocycles. The lowest BCUT2D eigenvalue weighted by atomic mass is 10.3. The van der Waals surface area contributed by atoms with Crippen molar-refractivity contribution in [2.24, 2.45) is 0 Å². The Morgan fingerprint density at radius 2 is 2.35 bits per heavy atom. The third-order valence-corrected chi connectivity index (χ3v) is 2.24. The van der Waals surface area contributed by atoms with E-state index in [9.17, 15) is 4.79 Å². The zero-order chi connectivity index (χ0) is 12.3. The fourth-order valence-corrected chi connectivity index (χ4v) is 1.39. The van der Waals surface area contributed by atoms with Crippen molar-refractivity contribution in [3.63, 3.8) is 0 Å². The standard InChI is InChI=1S/C11H13N5O/c1-2-16-7-8(12)10(15-16)11(17)14-9-5-3-4-6-13-9/h3-7H,2,12H2,1H3,(H,13,14,17). The molecule has 0 saturated carbocycles. The highest BCUT2D eigenvalue weighted by Gasteiger charge is 2.14. The average molecular weight is 231 g/mol. The summed E-state index contributed by atoms with van der Waals surface area (Å²) in [4.78, 5) is 15.9. The van der Waals surface area contributed by atoms with E-state index in [0.29, 0.717) is 18.1 Å². The molecule has 88 valence electrons. The summed E-state index contributed by atoms with van der Waals surface area (Å²) in [6, 6.07) is 5.26. The Balaban J connectivity index is 2.17. The van der Waals surface area contributed by atoms with E-state index < -0.39 is 0 Å². The molecule has 0 aliphatic rings. The van der Waals surface area contributed by atoms with Gasteiger partial charge in [-0.2, -0.15) is 5.10 Å². The summed E-state index contributed by atoms with van der Waals surface area (Å²) in [7, 11) is 0. The van der Waals surface area contributed by atoms with Gasteiger partial charge in [-0.05, 0) is 19.1 Å². The Labute approximate surface area is 98.5 Å². The lowest BCUT2D eigenvalue weighted by molar-refractivity contribution is 0.102. The van der Waals surface area contributed by atoms with Crippen LogP contribution in [0.15, 0.2) is 30.6 Å². The number of nitrogens with one attached hydrogen (secondary N) is 1. The molecule has 0 aromatic carbocycles. The molecule has 0 unspecified atom stereocenters. The van der Waals surface area contributed by atoms with Crippen LogP contribution in [0, 0.1) is 0 Å². The second kappa shape index (κ2) is 4.65. The molecule has 2 aromatic rings. The highest BCUT2D eigenvalue weighted by Crippen LogP contribution is 2.11. The molecule has 0 bridgehead atoms. The van der Waals surface area contributed by atoms with Crippen LogP contribution in [-0.2, 0) is 6.54 Å². The molecule has 6 nitrogen and oxygen atoms in total. The predicted molar refractivity (Wildman–Crippen MR) is 64.5 cm³/mol. The first-order valence-corrected chi connectivity index (χ1v) is 5.26. The molecule has 0 atom stereocenters. The minimum Gasteiger partial charge on any atom is -0.396 e. The van der Waals surface area contributed by atoms with Gasteiger partial charge in [-0.3, -0.25) is 9.48 Å². The zero-order valence-electron chi connectivity index (χ0n) is 9.42. The molecular weight excluding hydrogens is 218 g/mol. The van der Waals surface area contributed by atoms with Crippen LogP contribution >= 0.6 is 0 Å². The van der Waals surface area contributed by atoms with Crippen LogP contribution in [0.5, 0.6) is 0 Å². The van der Waals surface area contributed by atoms with E-state index in [1.165, 1.54) is 0 Å². The molecular formula is C11H13N5O. The van der Waals surface area contributed by atoms with E-state index in [-0.39, 0.29) is 11.6 Å². The van der Waals surface area contributed by atoms with Gasteiger partial charge in [0, 0.05) is 18.9 Å². The van der Waals surface area contributed by atoms with Gasteiger partial charge in [0.05, 0.1) is 5.69 Å². The first kappa shape index (κ1) is 11.1. The quantitative estimate of drug-likeness (QED) is 0.829. The Hall–Kier alpha value is -2.37. The monoisotopic (exact) mass is 231 g/mol. The molecule has 0 aliphatic heterocycles. The van der Waals surface area contributed by atoms with Gasteiger partial charge >= 0.3 is 0 Å². The largest absolute Gasteiger partial charge is 0.396 e. The highest BCUT2D eigenvalue weighted by molar-refractivity contribution is 6.05. The van der Waals surface area contributed by atoms with E-state index in [1.54, 1.807) is 35.3 Å². The number of aryl methyl sites for hydroxylation is 1. The zero-order valence-corrected chi connectivity index (χ0v) is 9.42. The van der Waals surface area contributed by atoms with Crippen molar-refractivity contribution in [3.8, 4) is 0 Å². The molecule has 0 saturated heterocycles. The summed E-state index contributed by atoms with van der Waals surface area (Å²) in [5, 5.41) is 6.71. The maximum Gasteiger partial charge on any atom is 0.279 e. The molecule has 0 fully saturated rings. The van der Waals surface area contributed by atoms with E-state index in [2.05, 4.69) is 15.4 Å². The molecule has 17 heavy (non-hydrogen) atoms. The van der Waals surface area contributed by atoms with Crippen LogP contribution < -0.4 is 11.1 Å². The number of hydrogen-bond acceptors (Lipinski definition) is 4. The minimum absolute atomic E-state index is 0.220. The molecule has 0 spiro atoms. The summed E-state index contributed by atoms with van der Waals surface area (Å²) in [6.07, 6.45) is 3.23. The normalized spacial score (nSPS) is 10.2. The maximum atomic E-state index is 11.9. The van der Waals surface area contributed by atoms with Gasteiger partial charge in [0.2, 0.25) is 0 Å². The Kier molecular flexibility index (Phi) is 3.04. The highest BCUT2D eigenvalue weighted by atomic mass is 16.2. The molecule has 6 heteroatoms. The van der Waals surface area contributed by atoms with Gasteiger partial charge in [0.1, 0.15) is 5.82 Å². The number of nitrogens with zero attached hydrogens (tertiary/aromatic N) is 3. The lowest BCUT2D eigenvalue weighted by Crippen LogP contribution is -2.15. The van der Waals surface area contributed by atoms with Crippen LogP contribution in [0.1, 0.15) is 17.4 Å². The summed E-state index contributed by atoms with van der Waals surface area (Å²) in [5.41, 5.74) is 6.29. The van der Waals surface area contributed by atoms with E-state index in [4.69, 9.17) is 5.73 Å². The van der Waals surface area contributed by atoms with Crippen molar-refractivity contribution in [1.29, 1.82) is 0 Å². The Morgan fingerprint density at radius 3 is 2.94 bits per heavy atom. The summed E-state index contributed by atoms with van der Waals surface area (Å²) in [6.45, 7) is 2.59. The van der Waals surface area contributed by atoms with Gasteiger partial charge in [-0.25, -0.2) is 4.98 Å². The third kappa shape index (κ3) is 2.41. The Bertz CT molecular complexity index is 520. The lowest BCUT2D eigenvalue weighted by Gasteiger charge is -2.01. The number of rotatable bonds is 3. The number of aromatic nitrogens is 3. The van der Waals surface area contributed by atoms with Crippen LogP contribution in [0.25, 0.3) is 0 Å². The number of carbonyl (C=O) groups excluding carboxylic acids is 1.